The standard InChI is InChI=1S/C15H12N4O2/c1-18-14-5-3-2-4-13(14)17-15(18)16-10-11-6-8-12(9-7-11)19(20)21/h2-10H,1H3/b16-10+. The van der Waals surface area contributed by atoms with Crippen molar-refractivity contribution in [2.24, 2.45) is 12.0 Å². The van der Waals surface area contributed by atoms with Gasteiger partial charge in [0.15, 0.2) is 0 Å². The molecule has 0 aliphatic carbocycles. The second kappa shape index (κ2) is 5.16. The second-order valence-electron chi connectivity index (χ2n) is 4.57. The van der Waals surface area contributed by atoms with E-state index in [1.54, 1.807) is 18.3 Å². The molecule has 1 aromatic heterocycles. The molecular formula is C15H12N4O2. The molecule has 6 nitrogen and oxygen atoms in total. The van der Waals surface area contributed by atoms with Crippen molar-refractivity contribution >= 4 is 28.9 Å². The summed E-state index contributed by atoms with van der Waals surface area (Å²) in [7, 11) is 1.90. The SMILES string of the molecule is Cn1c(/N=C/c2ccc([N+](=O)[O-])cc2)nc2ccccc21. The van der Waals surface area contributed by atoms with Crippen LogP contribution < -0.4 is 0 Å². The molecule has 3 rings (SSSR count). The number of benzene rings is 2. The molecule has 0 saturated heterocycles. The first kappa shape index (κ1) is 13.0. The summed E-state index contributed by atoms with van der Waals surface area (Å²) in [4.78, 5) is 18.9. The Labute approximate surface area is 120 Å². The minimum Gasteiger partial charge on any atom is -0.311 e. The van der Waals surface area contributed by atoms with Gasteiger partial charge >= 0.3 is 0 Å². The number of aromatic nitrogens is 2. The minimum atomic E-state index is -0.424. The quantitative estimate of drug-likeness (QED) is 0.420. The van der Waals surface area contributed by atoms with Crippen molar-refractivity contribution in [1.82, 2.24) is 9.55 Å². The van der Waals surface area contributed by atoms with Gasteiger partial charge in [-0.2, -0.15) is 0 Å². The summed E-state index contributed by atoms with van der Waals surface area (Å²) in [6.07, 6.45) is 1.64. The van der Waals surface area contributed by atoms with Gasteiger partial charge in [0.1, 0.15) is 0 Å². The zero-order valence-electron chi connectivity index (χ0n) is 11.3. The number of hydrogen-bond donors (Lipinski definition) is 0. The number of rotatable bonds is 3. The second-order valence-corrected chi connectivity index (χ2v) is 4.57. The number of fused-ring (bicyclic) bond motifs is 1. The number of aliphatic imine (C=N–C) groups is 1. The van der Waals surface area contributed by atoms with Gasteiger partial charge in [0.25, 0.3) is 5.69 Å². The van der Waals surface area contributed by atoms with E-state index in [0.29, 0.717) is 5.95 Å². The van der Waals surface area contributed by atoms with E-state index in [2.05, 4.69) is 9.98 Å². The van der Waals surface area contributed by atoms with E-state index in [-0.39, 0.29) is 5.69 Å². The highest BCUT2D eigenvalue weighted by molar-refractivity contribution is 5.83. The molecule has 3 aromatic rings. The van der Waals surface area contributed by atoms with Gasteiger partial charge in [0.2, 0.25) is 5.95 Å². The van der Waals surface area contributed by atoms with Crippen LogP contribution in [-0.4, -0.2) is 20.7 Å². The predicted molar refractivity (Wildman–Crippen MR) is 81.1 cm³/mol. The largest absolute Gasteiger partial charge is 0.311 e. The van der Waals surface area contributed by atoms with Gasteiger partial charge in [-0.05, 0) is 29.8 Å². The molecule has 0 saturated carbocycles. The Morgan fingerprint density at radius 3 is 2.57 bits per heavy atom. The summed E-state index contributed by atoms with van der Waals surface area (Å²) in [6, 6.07) is 14.0. The molecule has 0 aliphatic heterocycles. The lowest BCUT2D eigenvalue weighted by Crippen LogP contribution is -1.89. The van der Waals surface area contributed by atoms with Crippen molar-refractivity contribution in [1.29, 1.82) is 0 Å². The van der Waals surface area contributed by atoms with Crippen LogP contribution in [0.25, 0.3) is 11.0 Å². The molecule has 0 atom stereocenters. The Hall–Kier alpha value is -3.02. The molecule has 0 aliphatic rings. The van der Waals surface area contributed by atoms with Crippen molar-refractivity contribution in [2.45, 2.75) is 0 Å². The van der Waals surface area contributed by atoms with Crippen LogP contribution in [0.15, 0.2) is 53.5 Å². The average Bonchev–Trinajstić information content (AvgIpc) is 2.82. The Bertz CT molecular complexity index is 835. The predicted octanol–water partition coefficient (Wildman–Crippen LogP) is 3.23. The Morgan fingerprint density at radius 2 is 1.90 bits per heavy atom. The number of imidazole rings is 1. The van der Waals surface area contributed by atoms with E-state index in [9.17, 15) is 10.1 Å². The molecule has 6 heteroatoms. The van der Waals surface area contributed by atoms with E-state index < -0.39 is 4.92 Å². The maximum atomic E-state index is 10.6. The summed E-state index contributed by atoms with van der Waals surface area (Å²) in [5.41, 5.74) is 2.74. The van der Waals surface area contributed by atoms with Crippen molar-refractivity contribution in [3.63, 3.8) is 0 Å². The highest BCUT2D eigenvalue weighted by atomic mass is 16.6. The molecule has 0 spiro atoms. The highest BCUT2D eigenvalue weighted by Crippen LogP contribution is 2.19. The normalized spacial score (nSPS) is 11.3. The summed E-state index contributed by atoms with van der Waals surface area (Å²) < 4.78 is 1.90. The summed E-state index contributed by atoms with van der Waals surface area (Å²) >= 11 is 0. The van der Waals surface area contributed by atoms with Crippen LogP contribution in [0.5, 0.6) is 0 Å². The molecule has 2 aromatic carbocycles. The van der Waals surface area contributed by atoms with E-state index in [1.165, 1.54) is 12.1 Å². The fourth-order valence-corrected chi connectivity index (χ4v) is 2.06. The van der Waals surface area contributed by atoms with Gasteiger partial charge in [-0.15, -0.1) is 0 Å². The van der Waals surface area contributed by atoms with E-state index in [0.717, 1.165) is 16.6 Å². The molecule has 1 heterocycles. The van der Waals surface area contributed by atoms with Crippen molar-refractivity contribution in [3.8, 4) is 0 Å². The van der Waals surface area contributed by atoms with Crippen LogP contribution >= 0.6 is 0 Å². The fraction of sp³-hybridized carbons (Fsp3) is 0.0667. The molecule has 0 amide bonds. The molecule has 0 N–H and O–H groups in total. The van der Waals surface area contributed by atoms with Crippen LogP contribution in [0.3, 0.4) is 0 Å². The first-order valence-electron chi connectivity index (χ1n) is 6.35. The smallest absolute Gasteiger partial charge is 0.269 e. The number of para-hydroxylation sites is 2. The third kappa shape index (κ3) is 2.51. The molecule has 0 fully saturated rings. The van der Waals surface area contributed by atoms with Crippen LogP contribution in [0.1, 0.15) is 5.56 Å². The van der Waals surface area contributed by atoms with E-state index in [4.69, 9.17) is 0 Å². The van der Waals surface area contributed by atoms with E-state index >= 15 is 0 Å². The minimum absolute atomic E-state index is 0.0647. The van der Waals surface area contributed by atoms with Crippen molar-refractivity contribution in [3.05, 3.63) is 64.2 Å². The lowest BCUT2D eigenvalue weighted by atomic mass is 10.2. The molecule has 104 valence electrons. The number of nitrogens with zero attached hydrogens (tertiary/aromatic N) is 4. The van der Waals surface area contributed by atoms with Crippen molar-refractivity contribution < 1.29 is 4.92 Å². The van der Waals surface area contributed by atoms with Crippen LogP contribution in [0.4, 0.5) is 11.6 Å². The average molecular weight is 280 g/mol. The van der Waals surface area contributed by atoms with Crippen LogP contribution in [-0.2, 0) is 7.05 Å². The van der Waals surface area contributed by atoms with Gasteiger partial charge in [-0.1, -0.05) is 12.1 Å². The van der Waals surface area contributed by atoms with Gasteiger partial charge in [-0.25, -0.2) is 9.98 Å². The maximum absolute atomic E-state index is 10.6. The highest BCUT2D eigenvalue weighted by Gasteiger charge is 2.05. The lowest BCUT2D eigenvalue weighted by Gasteiger charge is -1.96. The fourth-order valence-electron chi connectivity index (χ4n) is 2.06. The zero-order valence-corrected chi connectivity index (χ0v) is 11.3. The van der Waals surface area contributed by atoms with Gasteiger partial charge < -0.3 is 4.57 Å². The molecule has 0 unspecified atom stereocenters. The van der Waals surface area contributed by atoms with Crippen LogP contribution in [0, 0.1) is 10.1 Å². The monoisotopic (exact) mass is 280 g/mol. The number of hydrogen-bond acceptors (Lipinski definition) is 4. The number of nitro benzene ring substituents is 1. The third-order valence-corrected chi connectivity index (χ3v) is 3.20. The number of nitro groups is 1. The molecule has 21 heavy (non-hydrogen) atoms. The summed E-state index contributed by atoms with van der Waals surface area (Å²) in [5.74, 6) is 0.592. The van der Waals surface area contributed by atoms with Gasteiger partial charge in [0.05, 0.1) is 16.0 Å². The first-order valence-corrected chi connectivity index (χ1v) is 6.35. The van der Waals surface area contributed by atoms with Gasteiger partial charge in [0, 0.05) is 25.4 Å². The Kier molecular flexibility index (Phi) is 3.19. The topological polar surface area (TPSA) is 73.3 Å². The molecule has 0 bridgehead atoms. The number of aryl methyl sites for hydroxylation is 1. The first-order chi connectivity index (χ1) is 10.1. The lowest BCUT2D eigenvalue weighted by molar-refractivity contribution is -0.384. The molecule has 0 radical (unpaired) electrons. The summed E-state index contributed by atoms with van der Waals surface area (Å²) in [5, 5.41) is 10.6. The van der Waals surface area contributed by atoms with E-state index in [1.807, 2.05) is 35.9 Å². The Balaban J connectivity index is 1.90. The zero-order chi connectivity index (χ0) is 14.8. The van der Waals surface area contributed by atoms with Crippen molar-refractivity contribution in [2.75, 3.05) is 0 Å². The summed E-state index contributed by atoms with van der Waals surface area (Å²) in [6.45, 7) is 0. The van der Waals surface area contributed by atoms with Crippen LogP contribution in [0.2, 0.25) is 0 Å². The number of non-ortho nitro benzene ring substituents is 1. The maximum Gasteiger partial charge on any atom is 0.269 e. The third-order valence-electron chi connectivity index (χ3n) is 3.20. The Morgan fingerprint density at radius 1 is 1.19 bits per heavy atom. The molecular weight excluding hydrogens is 268 g/mol. The van der Waals surface area contributed by atoms with Gasteiger partial charge in [-0.3, -0.25) is 10.1 Å².